The molecule has 0 aromatic carbocycles. The zero-order valence-electron chi connectivity index (χ0n) is 8.00. The minimum Gasteiger partial charge on any atom is -0.370 e. The second kappa shape index (κ2) is 4.11. The van der Waals surface area contributed by atoms with Crippen LogP contribution >= 0.6 is 0 Å². The third kappa shape index (κ3) is 3.31. The normalized spacial score (nSPS) is 19.4. The molecule has 0 spiro atoms. The molecular weight excluding hydrogens is 168 g/mol. The summed E-state index contributed by atoms with van der Waals surface area (Å²) >= 11 is 0. The maximum absolute atomic E-state index is 11.4. The lowest BCUT2D eigenvalue weighted by atomic mass is 10.3. The lowest BCUT2D eigenvalue weighted by Crippen LogP contribution is -2.47. The molecule has 0 aromatic heterocycles. The van der Waals surface area contributed by atoms with E-state index in [1.165, 1.54) is 0 Å². The molecule has 5 heteroatoms. The molecule has 1 rings (SSSR count). The van der Waals surface area contributed by atoms with E-state index in [1.54, 1.807) is 14.0 Å². The zero-order valence-corrected chi connectivity index (χ0v) is 8.00. The van der Waals surface area contributed by atoms with Gasteiger partial charge in [-0.2, -0.15) is 0 Å². The number of hydrogen-bond acceptors (Lipinski definition) is 2. The van der Waals surface area contributed by atoms with E-state index in [0.717, 1.165) is 12.8 Å². The van der Waals surface area contributed by atoms with Crippen LogP contribution in [-0.4, -0.2) is 31.0 Å². The number of guanidine groups is 1. The highest BCUT2D eigenvalue weighted by atomic mass is 16.2. The van der Waals surface area contributed by atoms with Gasteiger partial charge < -0.3 is 16.4 Å². The van der Waals surface area contributed by atoms with Gasteiger partial charge in [0.15, 0.2) is 5.96 Å². The van der Waals surface area contributed by atoms with Gasteiger partial charge in [0.2, 0.25) is 5.91 Å². The van der Waals surface area contributed by atoms with Gasteiger partial charge in [-0.1, -0.05) is 0 Å². The number of carbonyl (C=O) groups excluding carboxylic acids is 1. The molecule has 0 aliphatic heterocycles. The minimum atomic E-state index is -0.315. The molecule has 13 heavy (non-hydrogen) atoms. The molecule has 1 aliphatic rings. The third-order valence-corrected chi connectivity index (χ3v) is 1.92. The topological polar surface area (TPSA) is 79.5 Å². The van der Waals surface area contributed by atoms with Crippen LogP contribution in [-0.2, 0) is 4.79 Å². The molecule has 0 saturated heterocycles. The number of nitrogens with zero attached hydrogens (tertiary/aromatic N) is 1. The Morgan fingerprint density at radius 1 is 1.62 bits per heavy atom. The smallest absolute Gasteiger partial charge is 0.242 e. The van der Waals surface area contributed by atoms with Gasteiger partial charge in [0.25, 0.3) is 0 Å². The Labute approximate surface area is 77.8 Å². The van der Waals surface area contributed by atoms with E-state index in [4.69, 9.17) is 5.73 Å². The number of rotatable bonds is 3. The SMILES string of the molecule is CN=C(N)NC(C)C(=O)NC1CC1. The van der Waals surface area contributed by atoms with Crippen molar-refractivity contribution in [1.29, 1.82) is 0 Å². The summed E-state index contributed by atoms with van der Waals surface area (Å²) in [6, 6.07) is 0.0702. The third-order valence-electron chi connectivity index (χ3n) is 1.92. The van der Waals surface area contributed by atoms with Crippen LogP contribution in [0.4, 0.5) is 0 Å². The average molecular weight is 184 g/mol. The molecule has 0 aromatic rings. The fourth-order valence-electron chi connectivity index (χ4n) is 0.906. The summed E-state index contributed by atoms with van der Waals surface area (Å²) < 4.78 is 0. The van der Waals surface area contributed by atoms with Crippen molar-refractivity contribution >= 4 is 11.9 Å². The Bertz CT molecular complexity index is 222. The molecule has 1 atom stereocenters. The molecular formula is C8H16N4O. The fraction of sp³-hybridized carbons (Fsp3) is 0.750. The first-order valence-corrected chi connectivity index (χ1v) is 4.42. The van der Waals surface area contributed by atoms with Gasteiger partial charge >= 0.3 is 0 Å². The molecule has 1 saturated carbocycles. The van der Waals surface area contributed by atoms with Crippen molar-refractivity contribution in [2.24, 2.45) is 10.7 Å². The quantitative estimate of drug-likeness (QED) is 0.396. The molecule has 4 N–H and O–H groups in total. The molecule has 1 amide bonds. The average Bonchev–Trinajstić information content (AvgIpc) is 2.87. The molecule has 1 fully saturated rings. The second-order valence-corrected chi connectivity index (χ2v) is 3.26. The monoisotopic (exact) mass is 184 g/mol. The Hall–Kier alpha value is -1.26. The van der Waals surface area contributed by atoms with E-state index in [0.29, 0.717) is 12.0 Å². The maximum Gasteiger partial charge on any atom is 0.242 e. The van der Waals surface area contributed by atoms with Crippen molar-refractivity contribution in [2.45, 2.75) is 31.8 Å². The molecule has 1 aliphatic carbocycles. The Morgan fingerprint density at radius 3 is 2.69 bits per heavy atom. The van der Waals surface area contributed by atoms with Crippen LogP contribution in [0.3, 0.4) is 0 Å². The predicted octanol–water partition coefficient (Wildman–Crippen LogP) is -0.812. The molecule has 74 valence electrons. The van der Waals surface area contributed by atoms with Crippen molar-refractivity contribution in [3.8, 4) is 0 Å². The van der Waals surface area contributed by atoms with Crippen LogP contribution in [0.5, 0.6) is 0 Å². The second-order valence-electron chi connectivity index (χ2n) is 3.26. The molecule has 1 unspecified atom stereocenters. The van der Waals surface area contributed by atoms with E-state index < -0.39 is 0 Å². The van der Waals surface area contributed by atoms with Crippen LogP contribution in [0.25, 0.3) is 0 Å². The summed E-state index contributed by atoms with van der Waals surface area (Å²) in [5.41, 5.74) is 5.42. The molecule has 0 radical (unpaired) electrons. The standard InChI is InChI=1S/C8H16N4O/c1-5(11-8(9)10-2)7(13)12-6-3-4-6/h5-6H,3-4H2,1-2H3,(H,12,13)(H3,9,10,11). The zero-order chi connectivity index (χ0) is 9.84. The summed E-state index contributed by atoms with van der Waals surface area (Å²) in [4.78, 5) is 15.1. The van der Waals surface area contributed by atoms with E-state index >= 15 is 0 Å². The minimum absolute atomic E-state index is 0.0194. The van der Waals surface area contributed by atoms with Gasteiger partial charge in [-0.15, -0.1) is 0 Å². The predicted molar refractivity (Wildman–Crippen MR) is 51.3 cm³/mol. The summed E-state index contributed by atoms with van der Waals surface area (Å²) in [5.74, 6) is 0.271. The van der Waals surface area contributed by atoms with Gasteiger partial charge in [-0.25, -0.2) is 0 Å². The highest BCUT2D eigenvalue weighted by Crippen LogP contribution is 2.18. The molecule has 0 bridgehead atoms. The Morgan fingerprint density at radius 2 is 2.23 bits per heavy atom. The van der Waals surface area contributed by atoms with Crippen molar-refractivity contribution in [1.82, 2.24) is 10.6 Å². The van der Waals surface area contributed by atoms with Crippen molar-refractivity contribution in [2.75, 3.05) is 7.05 Å². The van der Waals surface area contributed by atoms with E-state index in [-0.39, 0.29) is 11.9 Å². The van der Waals surface area contributed by atoms with Gasteiger partial charge in [0.1, 0.15) is 6.04 Å². The molecule has 0 heterocycles. The van der Waals surface area contributed by atoms with Gasteiger partial charge in [0, 0.05) is 13.1 Å². The van der Waals surface area contributed by atoms with Crippen LogP contribution < -0.4 is 16.4 Å². The lowest BCUT2D eigenvalue weighted by Gasteiger charge is -2.13. The van der Waals surface area contributed by atoms with Crippen LogP contribution in [0.1, 0.15) is 19.8 Å². The van der Waals surface area contributed by atoms with E-state index in [9.17, 15) is 4.79 Å². The number of nitrogens with two attached hydrogens (primary N) is 1. The summed E-state index contributed by atoms with van der Waals surface area (Å²) in [6.45, 7) is 1.76. The number of nitrogens with one attached hydrogen (secondary N) is 2. The van der Waals surface area contributed by atoms with Gasteiger partial charge in [-0.3, -0.25) is 9.79 Å². The van der Waals surface area contributed by atoms with Crippen LogP contribution in [0.2, 0.25) is 0 Å². The highest BCUT2D eigenvalue weighted by molar-refractivity contribution is 5.88. The number of aliphatic imine (C=N–C) groups is 1. The first-order chi connectivity index (χ1) is 6.13. The van der Waals surface area contributed by atoms with Gasteiger partial charge in [0.05, 0.1) is 0 Å². The first kappa shape index (κ1) is 9.83. The lowest BCUT2D eigenvalue weighted by molar-refractivity contribution is -0.122. The summed E-state index contributed by atoms with van der Waals surface area (Å²) in [6.07, 6.45) is 2.19. The van der Waals surface area contributed by atoms with Gasteiger partial charge in [-0.05, 0) is 19.8 Å². The largest absolute Gasteiger partial charge is 0.370 e. The number of hydrogen-bond donors (Lipinski definition) is 3. The van der Waals surface area contributed by atoms with E-state index in [1.807, 2.05) is 0 Å². The number of carbonyl (C=O) groups is 1. The Kier molecular flexibility index (Phi) is 3.11. The summed E-state index contributed by atoms with van der Waals surface area (Å²) in [5, 5.41) is 5.65. The highest BCUT2D eigenvalue weighted by Gasteiger charge is 2.25. The van der Waals surface area contributed by atoms with Crippen molar-refractivity contribution in [3.05, 3.63) is 0 Å². The maximum atomic E-state index is 11.4. The fourth-order valence-corrected chi connectivity index (χ4v) is 0.906. The van der Waals surface area contributed by atoms with Crippen molar-refractivity contribution < 1.29 is 4.79 Å². The van der Waals surface area contributed by atoms with Crippen LogP contribution in [0, 0.1) is 0 Å². The van der Waals surface area contributed by atoms with E-state index in [2.05, 4.69) is 15.6 Å². The number of amides is 1. The molecule has 5 nitrogen and oxygen atoms in total. The summed E-state index contributed by atoms with van der Waals surface area (Å²) in [7, 11) is 1.58. The van der Waals surface area contributed by atoms with Crippen molar-refractivity contribution in [3.63, 3.8) is 0 Å². The first-order valence-electron chi connectivity index (χ1n) is 4.42. The van der Waals surface area contributed by atoms with Crippen LogP contribution in [0.15, 0.2) is 4.99 Å². The Balaban J connectivity index is 2.28.